The van der Waals surface area contributed by atoms with Crippen molar-refractivity contribution < 1.29 is 28.6 Å². The molecule has 2 heterocycles. The van der Waals surface area contributed by atoms with Crippen molar-refractivity contribution in [3.05, 3.63) is 53.1 Å². The lowest BCUT2D eigenvalue weighted by atomic mass is 9.83. The van der Waals surface area contributed by atoms with Crippen LogP contribution in [0.4, 0.5) is 14.9 Å². The molecule has 9 heteroatoms. The van der Waals surface area contributed by atoms with E-state index in [0.29, 0.717) is 29.9 Å². The molecule has 1 aliphatic heterocycles. The fraction of sp³-hybridized carbons (Fsp3) is 0.483. The Kier molecular flexibility index (Phi) is 7.13. The van der Waals surface area contributed by atoms with E-state index >= 15 is 0 Å². The van der Waals surface area contributed by atoms with Gasteiger partial charge in [0.2, 0.25) is 0 Å². The van der Waals surface area contributed by atoms with Crippen molar-refractivity contribution in [3.8, 4) is 5.75 Å². The molecule has 0 bridgehead atoms. The second-order valence-electron chi connectivity index (χ2n) is 10.4. The number of benzene rings is 2. The third-order valence-corrected chi connectivity index (χ3v) is 8.17. The first-order chi connectivity index (χ1) is 18.2. The number of halogens is 1. The third kappa shape index (κ3) is 4.42. The van der Waals surface area contributed by atoms with Crippen molar-refractivity contribution in [1.82, 2.24) is 9.55 Å². The van der Waals surface area contributed by atoms with Crippen LogP contribution in [0, 0.1) is 11.7 Å². The Labute approximate surface area is 221 Å². The zero-order valence-electron chi connectivity index (χ0n) is 22.2. The van der Waals surface area contributed by atoms with Crippen molar-refractivity contribution in [3.63, 3.8) is 0 Å². The van der Waals surface area contributed by atoms with E-state index in [1.807, 2.05) is 23.6 Å². The highest BCUT2D eigenvalue weighted by molar-refractivity contribution is 5.95. The molecule has 1 amide bonds. The fourth-order valence-electron chi connectivity index (χ4n) is 6.20. The Morgan fingerprint density at radius 3 is 2.66 bits per heavy atom. The van der Waals surface area contributed by atoms with Crippen LogP contribution in [0.1, 0.15) is 75.0 Å². The van der Waals surface area contributed by atoms with Crippen LogP contribution in [0.15, 0.2) is 30.3 Å². The molecular formula is C29H34FN3O5. The molecule has 3 aromatic rings. The van der Waals surface area contributed by atoms with Gasteiger partial charge in [-0.25, -0.2) is 14.2 Å². The molecule has 202 valence electrons. The molecule has 4 atom stereocenters. The van der Waals surface area contributed by atoms with Gasteiger partial charge >= 0.3 is 6.09 Å². The number of rotatable bonds is 5. The maximum absolute atomic E-state index is 14.3. The number of ether oxygens (including phenoxy) is 2. The molecule has 2 aliphatic rings. The van der Waals surface area contributed by atoms with Crippen LogP contribution in [0.5, 0.6) is 5.75 Å². The number of anilines is 1. The highest BCUT2D eigenvalue weighted by Gasteiger charge is 2.35. The molecule has 5 rings (SSSR count). The highest BCUT2D eigenvalue weighted by atomic mass is 19.1. The van der Waals surface area contributed by atoms with E-state index in [1.54, 1.807) is 11.8 Å². The standard InChI is InChI=1S/C29H34FN3O5/c1-16-8-10-21-23(32(16)29(36)38-4)11-12-24-26(21)31-28(27(35)22-15-19(30)9-13-25(22)37-3)33(24)20-7-5-6-18(14-20)17(2)34/h9,11-13,15-16,18,20,27,35H,5-8,10,14H2,1-4H3/t16-,18+,20+,27+/m0/s1. The maximum atomic E-state index is 14.3. The summed E-state index contributed by atoms with van der Waals surface area (Å²) in [5, 5.41) is 11.7. The molecule has 38 heavy (non-hydrogen) atoms. The first kappa shape index (κ1) is 26.2. The summed E-state index contributed by atoms with van der Waals surface area (Å²) in [6.07, 6.45) is 2.94. The van der Waals surface area contributed by atoms with Gasteiger partial charge in [-0.3, -0.25) is 9.69 Å². The molecule has 1 N–H and O–H groups in total. The van der Waals surface area contributed by atoms with E-state index < -0.39 is 18.0 Å². The van der Waals surface area contributed by atoms with E-state index in [-0.39, 0.29) is 29.3 Å². The first-order valence-corrected chi connectivity index (χ1v) is 13.2. The predicted molar refractivity (Wildman–Crippen MR) is 141 cm³/mol. The maximum Gasteiger partial charge on any atom is 0.414 e. The van der Waals surface area contributed by atoms with Crippen LogP contribution in [0.3, 0.4) is 0 Å². The Morgan fingerprint density at radius 1 is 1.16 bits per heavy atom. The molecule has 1 aliphatic carbocycles. The Balaban J connectivity index is 1.72. The minimum Gasteiger partial charge on any atom is -0.496 e. The van der Waals surface area contributed by atoms with Gasteiger partial charge in [-0.05, 0) is 76.3 Å². The summed E-state index contributed by atoms with van der Waals surface area (Å²) in [5.41, 5.74) is 3.44. The van der Waals surface area contributed by atoms with E-state index in [9.17, 15) is 19.1 Å². The zero-order chi connectivity index (χ0) is 27.1. The number of Topliss-reactive ketones (excluding diaryl/α,β-unsaturated/α-hetero) is 1. The van der Waals surface area contributed by atoms with E-state index in [0.717, 1.165) is 42.5 Å². The topological polar surface area (TPSA) is 93.9 Å². The Hall–Kier alpha value is -3.46. The fourth-order valence-corrected chi connectivity index (χ4v) is 6.20. The molecular weight excluding hydrogens is 489 g/mol. The summed E-state index contributed by atoms with van der Waals surface area (Å²) < 4.78 is 26.8. The normalized spacial score (nSPS) is 22.2. The van der Waals surface area contributed by atoms with Gasteiger partial charge < -0.3 is 19.1 Å². The number of aliphatic hydroxyl groups is 1. The van der Waals surface area contributed by atoms with Gasteiger partial charge in [0.05, 0.1) is 30.9 Å². The number of nitrogens with zero attached hydrogens (tertiary/aromatic N) is 3. The largest absolute Gasteiger partial charge is 0.496 e. The van der Waals surface area contributed by atoms with Gasteiger partial charge in [-0.2, -0.15) is 0 Å². The van der Waals surface area contributed by atoms with Crippen molar-refractivity contribution in [2.75, 3.05) is 19.1 Å². The smallest absolute Gasteiger partial charge is 0.414 e. The van der Waals surface area contributed by atoms with Gasteiger partial charge in [-0.1, -0.05) is 6.42 Å². The van der Waals surface area contributed by atoms with Gasteiger partial charge in [0, 0.05) is 29.1 Å². The number of carbonyl (C=O) groups excluding carboxylic acids is 2. The number of fused-ring (bicyclic) bond motifs is 3. The van der Waals surface area contributed by atoms with Gasteiger partial charge in [0.1, 0.15) is 29.3 Å². The average molecular weight is 524 g/mol. The SMILES string of the molecule is COC(=O)N1c2ccc3c(nc([C@H](O)c4cc(F)ccc4OC)n3[C@@H]3CCC[C@@H](C(C)=O)C3)c2CC[C@@H]1C. The lowest BCUT2D eigenvalue weighted by Gasteiger charge is -2.34. The molecule has 2 aromatic carbocycles. The number of aliphatic hydroxyl groups excluding tert-OH is 1. The minimum atomic E-state index is -1.26. The third-order valence-electron chi connectivity index (χ3n) is 8.17. The number of hydrogen-bond donors (Lipinski definition) is 1. The van der Waals surface area contributed by atoms with Crippen LogP contribution in [-0.2, 0) is 16.0 Å². The minimum absolute atomic E-state index is 0.0363. The molecule has 1 aromatic heterocycles. The van der Waals surface area contributed by atoms with Crippen LogP contribution >= 0.6 is 0 Å². The quantitative estimate of drug-likeness (QED) is 0.475. The number of hydrogen-bond acceptors (Lipinski definition) is 6. The first-order valence-electron chi connectivity index (χ1n) is 13.2. The Bertz CT molecular complexity index is 1390. The van der Waals surface area contributed by atoms with E-state index in [2.05, 4.69) is 0 Å². The number of aryl methyl sites for hydroxylation is 1. The van der Waals surface area contributed by atoms with Crippen molar-refractivity contribution >= 4 is 28.6 Å². The molecule has 0 saturated heterocycles. The second kappa shape index (κ2) is 10.4. The predicted octanol–water partition coefficient (Wildman–Crippen LogP) is 5.49. The molecule has 8 nitrogen and oxygen atoms in total. The highest BCUT2D eigenvalue weighted by Crippen LogP contribution is 2.43. The number of amides is 1. The number of ketones is 1. The molecule has 0 radical (unpaired) electrons. The Morgan fingerprint density at radius 2 is 1.95 bits per heavy atom. The summed E-state index contributed by atoms with van der Waals surface area (Å²) in [6.45, 7) is 3.61. The number of imidazole rings is 1. The lowest BCUT2D eigenvalue weighted by molar-refractivity contribution is -0.122. The van der Waals surface area contributed by atoms with E-state index in [4.69, 9.17) is 14.5 Å². The van der Waals surface area contributed by atoms with Crippen LogP contribution in [0.25, 0.3) is 11.0 Å². The monoisotopic (exact) mass is 523 g/mol. The molecule has 0 unspecified atom stereocenters. The van der Waals surface area contributed by atoms with Gasteiger partial charge in [0.25, 0.3) is 0 Å². The van der Waals surface area contributed by atoms with E-state index in [1.165, 1.54) is 32.4 Å². The van der Waals surface area contributed by atoms with Crippen molar-refractivity contribution in [2.24, 2.45) is 5.92 Å². The number of carbonyl (C=O) groups is 2. The summed E-state index contributed by atoms with van der Waals surface area (Å²) in [4.78, 5) is 31.6. The average Bonchev–Trinajstić information content (AvgIpc) is 3.32. The second-order valence-corrected chi connectivity index (χ2v) is 10.4. The van der Waals surface area contributed by atoms with Gasteiger partial charge in [0.15, 0.2) is 0 Å². The summed E-state index contributed by atoms with van der Waals surface area (Å²) in [7, 11) is 2.84. The van der Waals surface area contributed by atoms with Crippen LogP contribution in [0.2, 0.25) is 0 Å². The molecule has 0 spiro atoms. The van der Waals surface area contributed by atoms with Gasteiger partial charge in [-0.15, -0.1) is 0 Å². The van der Waals surface area contributed by atoms with Crippen molar-refractivity contribution in [1.29, 1.82) is 0 Å². The summed E-state index contributed by atoms with van der Waals surface area (Å²) >= 11 is 0. The number of aromatic nitrogens is 2. The lowest BCUT2D eigenvalue weighted by Crippen LogP contribution is -2.42. The summed E-state index contributed by atoms with van der Waals surface area (Å²) in [5.74, 6) is 0.337. The van der Waals surface area contributed by atoms with Crippen molar-refractivity contribution in [2.45, 2.75) is 70.6 Å². The summed E-state index contributed by atoms with van der Waals surface area (Å²) in [6, 6.07) is 7.77. The number of methoxy groups -OCH3 is 2. The zero-order valence-corrected chi connectivity index (χ0v) is 22.2. The molecule has 1 fully saturated rings. The van der Waals surface area contributed by atoms with Crippen LogP contribution < -0.4 is 9.64 Å². The van der Waals surface area contributed by atoms with Crippen LogP contribution in [-0.4, -0.2) is 46.8 Å². The molecule has 1 saturated carbocycles.